The van der Waals surface area contributed by atoms with Crippen LogP contribution in [0.1, 0.15) is 6.92 Å². The molecule has 1 rings (SSSR count). The lowest BCUT2D eigenvalue weighted by Crippen LogP contribution is -1.98. The molecule has 1 aromatic heterocycles. The molecular formula is C6H9N3O2. The van der Waals surface area contributed by atoms with Gasteiger partial charge in [-0.05, 0) is 6.92 Å². The Morgan fingerprint density at radius 3 is 3.00 bits per heavy atom. The Bertz CT molecular complexity index is 252. The first-order chi connectivity index (χ1) is 5.24. The number of aromatic nitrogens is 2. The average Bonchev–Trinajstić information content (AvgIpc) is 1.98. The van der Waals surface area contributed by atoms with E-state index in [0.29, 0.717) is 6.61 Å². The monoisotopic (exact) mass is 155 g/mol. The van der Waals surface area contributed by atoms with Gasteiger partial charge in [0.1, 0.15) is 5.69 Å². The van der Waals surface area contributed by atoms with Crippen molar-refractivity contribution in [1.82, 2.24) is 9.97 Å². The van der Waals surface area contributed by atoms with Gasteiger partial charge in [0, 0.05) is 0 Å². The Morgan fingerprint density at radius 2 is 2.45 bits per heavy atom. The fourth-order valence-corrected chi connectivity index (χ4v) is 0.565. The molecule has 0 spiro atoms. The first-order valence-corrected chi connectivity index (χ1v) is 3.18. The molecule has 0 aromatic carbocycles. The summed E-state index contributed by atoms with van der Waals surface area (Å²) in [4.78, 5) is 7.27. The summed E-state index contributed by atoms with van der Waals surface area (Å²) in [6.07, 6.45) is 1.30. The third-order valence-corrected chi connectivity index (χ3v) is 1.05. The maximum absolute atomic E-state index is 8.97. The molecule has 1 heterocycles. The Labute approximate surface area is 63.8 Å². The van der Waals surface area contributed by atoms with Crippen molar-refractivity contribution >= 4 is 5.69 Å². The third kappa shape index (κ3) is 1.70. The van der Waals surface area contributed by atoms with Gasteiger partial charge in [0.05, 0.1) is 12.8 Å². The van der Waals surface area contributed by atoms with E-state index in [2.05, 4.69) is 9.97 Å². The number of aromatic hydroxyl groups is 1. The van der Waals surface area contributed by atoms with Gasteiger partial charge in [-0.2, -0.15) is 4.98 Å². The molecule has 0 amide bonds. The van der Waals surface area contributed by atoms with Crippen molar-refractivity contribution in [3.63, 3.8) is 0 Å². The lowest BCUT2D eigenvalue weighted by molar-refractivity contribution is 0.305. The van der Waals surface area contributed by atoms with E-state index in [1.807, 2.05) is 0 Å². The smallest absolute Gasteiger partial charge is 0.319 e. The van der Waals surface area contributed by atoms with Crippen molar-refractivity contribution in [3.05, 3.63) is 6.20 Å². The lowest BCUT2D eigenvalue weighted by Gasteiger charge is -2.00. The first kappa shape index (κ1) is 7.59. The lowest BCUT2D eigenvalue weighted by atomic mass is 10.5. The Balaban J connectivity index is 2.86. The van der Waals surface area contributed by atoms with Crippen LogP contribution in [0.5, 0.6) is 11.9 Å². The predicted molar refractivity (Wildman–Crippen MR) is 39.3 cm³/mol. The topological polar surface area (TPSA) is 81.3 Å². The van der Waals surface area contributed by atoms with Crippen LogP contribution in [0, 0.1) is 0 Å². The van der Waals surface area contributed by atoms with Crippen LogP contribution in [-0.2, 0) is 0 Å². The van der Waals surface area contributed by atoms with Crippen molar-refractivity contribution in [3.8, 4) is 11.9 Å². The zero-order valence-corrected chi connectivity index (χ0v) is 6.11. The molecule has 0 radical (unpaired) electrons. The van der Waals surface area contributed by atoms with Gasteiger partial charge in [-0.15, -0.1) is 0 Å². The highest BCUT2D eigenvalue weighted by Crippen LogP contribution is 2.16. The first-order valence-electron chi connectivity index (χ1n) is 3.18. The Hall–Kier alpha value is -1.52. The van der Waals surface area contributed by atoms with Gasteiger partial charge in [0.25, 0.3) is 0 Å². The van der Waals surface area contributed by atoms with Crippen LogP contribution >= 0.6 is 0 Å². The molecule has 0 aliphatic carbocycles. The van der Waals surface area contributed by atoms with E-state index in [9.17, 15) is 0 Å². The molecule has 0 aliphatic heterocycles. The highest BCUT2D eigenvalue weighted by molar-refractivity contribution is 5.44. The molecule has 0 atom stereocenters. The van der Waals surface area contributed by atoms with Crippen LogP contribution in [0.4, 0.5) is 5.69 Å². The van der Waals surface area contributed by atoms with Crippen LogP contribution in [-0.4, -0.2) is 21.7 Å². The molecule has 0 unspecified atom stereocenters. The number of rotatable bonds is 2. The second kappa shape index (κ2) is 3.05. The van der Waals surface area contributed by atoms with Crippen LogP contribution in [0.2, 0.25) is 0 Å². The van der Waals surface area contributed by atoms with E-state index in [1.54, 1.807) is 6.92 Å². The Morgan fingerprint density at radius 1 is 1.73 bits per heavy atom. The summed E-state index contributed by atoms with van der Waals surface area (Å²) >= 11 is 0. The highest BCUT2D eigenvalue weighted by atomic mass is 16.5. The van der Waals surface area contributed by atoms with Gasteiger partial charge < -0.3 is 15.6 Å². The summed E-state index contributed by atoms with van der Waals surface area (Å²) in [6, 6.07) is 0.138. The van der Waals surface area contributed by atoms with E-state index >= 15 is 0 Å². The van der Waals surface area contributed by atoms with E-state index in [0.717, 1.165) is 0 Å². The maximum atomic E-state index is 8.97. The summed E-state index contributed by atoms with van der Waals surface area (Å²) in [6.45, 7) is 2.26. The van der Waals surface area contributed by atoms with Crippen LogP contribution in [0.15, 0.2) is 6.20 Å². The van der Waals surface area contributed by atoms with Gasteiger partial charge >= 0.3 is 6.01 Å². The van der Waals surface area contributed by atoms with Gasteiger partial charge in [0.2, 0.25) is 5.88 Å². The van der Waals surface area contributed by atoms with Crippen molar-refractivity contribution in [1.29, 1.82) is 0 Å². The molecule has 0 saturated heterocycles. The molecule has 0 bridgehead atoms. The molecule has 0 saturated carbocycles. The van der Waals surface area contributed by atoms with Crippen LogP contribution in [0.3, 0.4) is 0 Å². The number of hydrogen-bond donors (Lipinski definition) is 2. The minimum atomic E-state index is -0.247. The number of nitrogens with two attached hydrogens (primary N) is 1. The number of nitrogens with zero attached hydrogens (tertiary/aromatic N) is 2. The summed E-state index contributed by atoms with van der Waals surface area (Å²) in [5.41, 5.74) is 5.40. The number of ether oxygens (including phenoxy) is 1. The molecule has 3 N–H and O–H groups in total. The zero-order chi connectivity index (χ0) is 8.27. The van der Waals surface area contributed by atoms with Gasteiger partial charge in [-0.3, -0.25) is 0 Å². The van der Waals surface area contributed by atoms with Crippen molar-refractivity contribution < 1.29 is 9.84 Å². The minimum Gasteiger partial charge on any atom is -0.492 e. The molecule has 5 nitrogen and oxygen atoms in total. The fourth-order valence-electron chi connectivity index (χ4n) is 0.565. The molecule has 5 heteroatoms. The van der Waals surface area contributed by atoms with E-state index in [4.69, 9.17) is 15.6 Å². The van der Waals surface area contributed by atoms with Gasteiger partial charge in [0.15, 0.2) is 0 Å². The Kier molecular flexibility index (Phi) is 2.10. The predicted octanol–water partition coefficient (Wildman–Crippen LogP) is 0.163. The summed E-state index contributed by atoms with van der Waals surface area (Å²) in [5.74, 6) is -0.247. The summed E-state index contributed by atoms with van der Waals surface area (Å²) < 4.78 is 4.90. The van der Waals surface area contributed by atoms with Crippen molar-refractivity contribution in [2.24, 2.45) is 0 Å². The molecule has 1 aromatic rings. The summed E-state index contributed by atoms with van der Waals surface area (Å²) in [5, 5.41) is 8.97. The molecule has 0 aliphatic rings. The number of hydrogen-bond acceptors (Lipinski definition) is 5. The summed E-state index contributed by atoms with van der Waals surface area (Å²) in [7, 11) is 0. The SMILES string of the molecule is CCOc1ncc(N)c(O)n1. The second-order valence-corrected chi connectivity index (χ2v) is 1.86. The van der Waals surface area contributed by atoms with Crippen molar-refractivity contribution in [2.75, 3.05) is 12.3 Å². The number of nitrogen functional groups attached to an aromatic ring is 1. The normalized spacial score (nSPS) is 9.55. The third-order valence-electron chi connectivity index (χ3n) is 1.05. The largest absolute Gasteiger partial charge is 0.492 e. The molecule has 11 heavy (non-hydrogen) atoms. The zero-order valence-electron chi connectivity index (χ0n) is 6.11. The van der Waals surface area contributed by atoms with Crippen molar-refractivity contribution in [2.45, 2.75) is 6.92 Å². The van der Waals surface area contributed by atoms with Crippen LogP contribution in [0.25, 0.3) is 0 Å². The van der Waals surface area contributed by atoms with E-state index in [1.165, 1.54) is 6.20 Å². The fraction of sp³-hybridized carbons (Fsp3) is 0.333. The molecular weight excluding hydrogens is 146 g/mol. The second-order valence-electron chi connectivity index (χ2n) is 1.86. The van der Waals surface area contributed by atoms with Gasteiger partial charge in [-0.1, -0.05) is 0 Å². The van der Waals surface area contributed by atoms with Gasteiger partial charge in [-0.25, -0.2) is 4.98 Å². The molecule has 60 valence electrons. The minimum absolute atomic E-state index is 0.138. The average molecular weight is 155 g/mol. The standard InChI is InChI=1S/C6H9N3O2/c1-2-11-6-8-3-4(7)5(10)9-6/h3H,2,7H2,1H3,(H,8,9,10). The van der Waals surface area contributed by atoms with Crippen LogP contribution < -0.4 is 10.5 Å². The quantitative estimate of drug-likeness (QED) is 0.635. The number of anilines is 1. The maximum Gasteiger partial charge on any atom is 0.319 e. The highest BCUT2D eigenvalue weighted by Gasteiger charge is 2.01. The molecule has 0 fully saturated rings. The van der Waals surface area contributed by atoms with E-state index < -0.39 is 0 Å². The van der Waals surface area contributed by atoms with E-state index in [-0.39, 0.29) is 17.6 Å².